The Bertz CT molecular complexity index is 725. The molecule has 7 heteroatoms. The molecule has 1 aliphatic rings. The topological polar surface area (TPSA) is 64.9 Å². The lowest BCUT2D eigenvalue weighted by molar-refractivity contribution is 0.128. The van der Waals surface area contributed by atoms with Crippen molar-refractivity contribution in [3.05, 3.63) is 47.9 Å². The molecule has 0 radical (unpaired) electrons. The summed E-state index contributed by atoms with van der Waals surface area (Å²) in [6.45, 7) is 10.6. The van der Waals surface area contributed by atoms with Gasteiger partial charge in [0.1, 0.15) is 0 Å². The third-order valence-corrected chi connectivity index (χ3v) is 5.10. The number of aryl methyl sites for hydroxylation is 1. The third kappa shape index (κ3) is 5.73. The first-order chi connectivity index (χ1) is 13.7. The minimum absolute atomic E-state index is 0.0397. The molecule has 1 aliphatic heterocycles. The fraction of sp³-hybridized carbons (Fsp3) is 0.524. The Morgan fingerprint density at radius 3 is 2.61 bits per heavy atom. The average molecular weight is 386 g/mol. The summed E-state index contributed by atoms with van der Waals surface area (Å²) in [7, 11) is 0. The molecule has 0 spiro atoms. The minimum atomic E-state index is 0.0397. The lowest BCUT2D eigenvalue weighted by Crippen LogP contribution is -2.51. The number of nitrogens with one attached hydrogen (secondary N) is 1. The number of amides is 2. The Morgan fingerprint density at radius 2 is 1.96 bits per heavy atom. The molecule has 152 valence electrons. The molecule has 1 N–H and O–H groups in total. The molecule has 0 bridgehead atoms. The Morgan fingerprint density at radius 1 is 1.21 bits per heavy atom. The normalized spacial score (nSPS) is 14.9. The highest BCUT2D eigenvalue weighted by molar-refractivity contribution is 5.74. The van der Waals surface area contributed by atoms with E-state index < -0.39 is 0 Å². The van der Waals surface area contributed by atoms with E-state index >= 15 is 0 Å². The summed E-state index contributed by atoms with van der Waals surface area (Å²) in [5.41, 5.74) is 2.14. The summed E-state index contributed by atoms with van der Waals surface area (Å²) in [6.07, 6.45) is 0.930. The fourth-order valence-corrected chi connectivity index (χ4v) is 3.51. The molecule has 0 aliphatic carbocycles. The number of piperazine rings is 1. The summed E-state index contributed by atoms with van der Waals surface area (Å²) in [4.78, 5) is 18.9. The van der Waals surface area contributed by atoms with Crippen molar-refractivity contribution < 1.29 is 9.32 Å². The Balaban J connectivity index is 1.33. The molecule has 2 aromatic rings. The van der Waals surface area contributed by atoms with E-state index in [1.807, 2.05) is 24.0 Å². The van der Waals surface area contributed by atoms with Crippen molar-refractivity contribution in [3.8, 4) is 0 Å². The predicted molar refractivity (Wildman–Crippen MR) is 110 cm³/mol. The van der Waals surface area contributed by atoms with Crippen molar-refractivity contribution in [2.75, 3.05) is 50.7 Å². The molecule has 0 atom stereocenters. The van der Waals surface area contributed by atoms with Gasteiger partial charge in [-0.25, -0.2) is 4.79 Å². The van der Waals surface area contributed by atoms with Gasteiger partial charge in [0, 0.05) is 57.6 Å². The molecule has 3 rings (SSSR count). The monoisotopic (exact) mass is 385 g/mol. The predicted octanol–water partition coefficient (Wildman–Crippen LogP) is 2.73. The van der Waals surface area contributed by atoms with E-state index in [9.17, 15) is 4.79 Å². The van der Waals surface area contributed by atoms with Crippen molar-refractivity contribution in [1.82, 2.24) is 20.3 Å². The number of rotatable bonds is 8. The van der Waals surface area contributed by atoms with E-state index in [-0.39, 0.29) is 6.03 Å². The zero-order chi connectivity index (χ0) is 19.8. The van der Waals surface area contributed by atoms with Crippen LogP contribution in [0.25, 0.3) is 0 Å². The summed E-state index contributed by atoms with van der Waals surface area (Å²) in [5, 5.41) is 6.99. The SMILES string of the molecule is CCN(CCCNC(=O)N1CCN(Cc2cc(C)no2)CC1)c1ccccc1. The van der Waals surface area contributed by atoms with Gasteiger partial charge in [-0.05, 0) is 32.4 Å². The maximum absolute atomic E-state index is 12.4. The molecule has 0 saturated carbocycles. The van der Waals surface area contributed by atoms with Gasteiger partial charge < -0.3 is 19.6 Å². The van der Waals surface area contributed by atoms with E-state index in [0.717, 1.165) is 63.7 Å². The van der Waals surface area contributed by atoms with Crippen LogP contribution in [0.2, 0.25) is 0 Å². The van der Waals surface area contributed by atoms with Crippen LogP contribution in [0, 0.1) is 6.92 Å². The molecular formula is C21H31N5O2. The maximum atomic E-state index is 12.4. The molecular weight excluding hydrogens is 354 g/mol. The number of urea groups is 1. The number of nitrogens with zero attached hydrogens (tertiary/aromatic N) is 4. The highest BCUT2D eigenvalue weighted by atomic mass is 16.5. The lowest BCUT2D eigenvalue weighted by atomic mass is 10.2. The maximum Gasteiger partial charge on any atom is 0.317 e. The van der Waals surface area contributed by atoms with Crippen LogP contribution in [0.4, 0.5) is 10.5 Å². The molecule has 1 aromatic carbocycles. The molecule has 1 aromatic heterocycles. The largest absolute Gasteiger partial charge is 0.372 e. The van der Waals surface area contributed by atoms with Crippen LogP contribution in [0.15, 0.2) is 40.9 Å². The standard InChI is InChI=1S/C21H31N5O2/c1-3-25(19-8-5-4-6-9-19)11-7-10-22-21(27)26-14-12-24(13-15-26)17-20-16-18(2)23-28-20/h4-6,8-9,16H,3,7,10-15,17H2,1-2H3,(H,22,27). The van der Waals surface area contributed by atoms with E-state index in [2.05, 4.69) is 51.5 Å². The quantitative estimate of drug-likeness (QED) is 0.708. The van der Waals surface area contributed by atoms with Crippen LogP contribution in [-0.2, 0) is 6.54 Å². The lowest BCUT2D eigenvalue weighted by Gasteiger charge is -2.34. The van der Waals surface area contributed by atoms with Gasteiger partial charge in [0.25, 0.3) is 0 Å². The van der Waals surface area contributed by atoms with E-state index in [1.54, 1.807) is 0 Å². The van der Waals surface area contributed by atoms with Gasteiger partial charge in [-0.15, -0.1) is 0 Å². The molecule has 7 nitrogen and oxygen atoms in total. The highest BCUT2D eigenvalue weighted by Crippen LogP contribution is 2.13. The third-order valence-electron chi connectivity index (χ3n) is 5.10. The molecule has 1 fully saturated rings. The van der Waals surface area contributed by atoms with Gasteiger partial charge in [-0.1, -0.05) is 23.4 Å². The van der Waals surface area contributed by atoms with Crippen LogP contribution < -0.4 is 10.2 Å². The Hall–Kier alpha value is -2.54. The van der Waals surface area contributed by atoms with Gasteiger partial charge in [0.15, 0.2) is 5.76 Å². The summed E-state index contributed by atoms with van der Waals surface area (Å²) in [6, 6.07) is 12.4. The van der Waals surface area contributed by atoms with Crippen molar-refractivity contribution in [2.24, 2.45) is 0 Å². The zero-order valence-corrected chi connectivity index (χ0v) is 16.9. The van der Waals surface area contributed by atoms with Crippen molar-refractivity contribution >= 4 is 11.7 Å². The smallest absolute Gasteiger partial charge is 0.317 e. The Labute approximate surface area is 167 Å². The van der Waals surface area contributed by atoms with E-state index in [0.29, 0.717) is 6.54 Å². The van der Waals surface area contributed by atoms with E-state index in [1.165, 1.54) is 5.69 Å². The second kappa shape index (κ2) is 10.1. The van der Waals surface area contributed by atoms with Crippen LogP contribution in [0.3, 0.4) is 0 Å². The first-order valence-electron chi connectivity index (χ1n) is 10.1. The highest BCUT2D eigenvalue weighted by Gasteiger charge is 2.21. The van der Waals surface area contributed by atoms with Crippen molar-refractivity contribution in [3.63, 3.8) is 0 Å². The van der Waals surface area contributed by atoms with Gasteiger partial charge in [-0.3, -0.25) is 4.90 Å². The number of aromatic nitrogens is 1. The number of benzene rings is 1. The van der Waals surface area contributed by atoms with Gasteiger partial charge in [-0.2, -0.15) is 0 Å². The number of hydrogen-bond donors (Lipinski definition) is 1. The molecule has 1 saturated heterocycles. The average Bonchev–Trinajstić information content (AvgIpc) is 3.13. The molecule has 0 unspecified atom stereocenters. The van der Waals surface area contributed by atoms with Gasteiger partial charge in [0.05, 0.1) is 12.2 Å². The summed E-state index contributed by atoms with van der Waals surface area (Å²) in [5.74, 6) is 0.884. The molecule has 2 amide bonds. The zero-order valence-electron chi connectivity index (χ0n) is 16.9. The minimum Gasteiger partial charge on any atom is -0.372 e. The second-order valence-corrected chi connectivity index (χ2v) is 7.20. The van der Waals surface area contributed by atoms with Crippen molar-refractivity contribution in [1.29, 1.82) is 0 Å². The van der Waals surface area contributed by atoms with E-state index in [4.69, 9.17) is 4.52 Å². The number of carbonyl (C=O) groups is 1. The summed E-state index contributed by atoms with van der Waals surface area (Å²) >= 11 is 0. The van der Waals surface area contributed by atoms with Crippen LogP contribution in [-0.4, -0.2) is 66.8 Å². The van der Waals surface area contributed by atoms with Crippen LogP contribution in [0.5, 0.6) is 0 Å². The first-order valence-corrected chi connectivity index (χ1v) is 10.1. The van der Waals surface area contributed by atoms with Gasteiger partial charge >= 0.3 is 6.03 Å². The molecule has 2 heterocycles. The first kappa shape index (κ1) is 20.2. The number of para-hydroxylation sites is 1. The van der Waals surface area contributed by atoms with Crippen molar-refractivity contribution in [2.45, 2.75) is 26.8 Å². The second-order valence-electron chi connectivity index (χ2n) is 7.20. The fourth-order valence-electron chi connectivity index (χ4n) is 3.51. The van der Waals surface area contributed by atoms with Crippen LogP contribution in [0.1, 0.15) is 24.8 Å². The number of hydrogen-bond acceptors (Lipinski definition) is 5. The Kier molecular flexibility index (Phi) is 7.31. The van der Waals surface area contributed by atoms with Crippen LogP contribution >= 0.6 is 0 Å². The number of anilines is 1. The summed E-state index contributed by atoms with van der Waals surface area (Å²) < 4.78 is 5.28. The van der Waals surface area contributed by atoms with Gasteiger partial charge in [0.2, 0.25) is 0 Å². The molecule has 28 heavy (non-hydrogen) atoms. The number of carbonyl (C=O) groups excluding carboxylic acids is 1.